The number of halogens is 1. The molecule has 3 nitrogen and oxygen atoms in total. The van der Waals surface area contributed by atoms with Crippen LogP contribution in [0.1, 0.15) is 6.42 Å². The molecule has 1 heterocycles. The first-order valence-electron chi connectivity index (χ1n) is 3.59. The van der Waals surface area contributed by atoms with Gasteiger partial charge in [0.05, 0.1) is 0 Å². The zero-order valence-corrected chi connectivity index (χ0v) is 8.04. The van der Waals surface area contributed by atoms with Gasteiger partial charge in [-0.3, -0.25) is 9.78 Å². The number of carbonyl (C=O) groups is 1. The van der Waals surface area contributed by atoms with Crippen molar-refractivity contribution in [3.63, 3.8) is 0 Å². The van der Waals surface area contributed by atoms with E-state index in [1.165, 1.54) is 0 Å². The van der Waals surface area contributed by atoms with Crippen LogP contribution in [0.5, 0.6) is 0 Å². The lowest BCUT2D eigenvalue weighted by Crippen LogP contribution is -2.11. The zero-order chi connectivity index (χ0) is 8.81. The third-order valence-electron chi connectivity index (χ3n) is 1.29. The van der Waals surface area contributed by atoms with Gasteiger partial charge in [0.25, 0.3) is 0 Å². The number of nitrogens with one attached hydrogen (secondary N) is 1. The molecule has 0 bridgehead atoms. The molecule has 64 valence electrons. The Morgan fingerprint density at radius 2 is 2.17 bits per heavy atom. The molecule has 0 saturated heterocycles. The minimum absolute atomic E-state index is 0.0121. The van der Waals surface area contributed by atoms with Crippen LogP contribution in [0.15, 0.2) is 24.5 Å². The molecule has 1 amide bonds. The first-order chi connectivity index (χ1) is 5.83. The second kappa shape index (κ2) is 4.87. The standard InChI is InChI=1S/C8H9BrN2O/c9-4-1-8(12)11-7-2-5-10-6-3-7/h2-3,5-6H,1,4H2,(H,10,11,12). The summed E-state index contributed by atoms with van der Waals surface area (Å²) in [5, 5.41) is 3.42. The summed E-state index contributed by atoms with van der Waals surface area (Å²) >= 11 is 3.19. The Balaban J connectivity index is 2.47. The Labute approximate surface area is 79.3 Å². The molecule has 4 heteroatoms. The highest BCUT2D eigenvalue weighted by atomic mass is 79.9. The maximum absolute atomic E-state index is 11.1. The van der Waals surface area contributed by atoms with Crippen molar-refractivity contribution >= 4 is 27.5 Å². The van der Waals surface area contributed by atoms with Crippen molar-refractivity contribution in [2.45, 2.75) is 6.42 Å². The normalized spacial score (nSPS) is 9.42. The molecule has 1 N–H and O–H groups in total. The van der Waals surface area contributed by atoms with Gasteiger partial charge in [0.1, 0.15) is 0 Å². The number of pyridine rings is 1. The van der Waals surface area contributed by atoms with E-state index < -0.39 is 0 Å². The highest BCUT2D eigenvalue weighted by Crippen LogP contribution is 2.03. The van der Waals surface area contributed by atoms with E-state index in [-0.39, 0.29) is 5.91 Å². The summed E-state index contributed by atoms with van der Waals surface area (Å²) in [7, 11) is 0. The molecule has 1 aromatic heterocycles. The summed E-state index contributed by atoms with van der Waals surface area (Å²) in [4.78, 5) is 14.9. The van der Waals surface area contributed by atoms with Crippen molar-refractivity contribution in [1.82, 2.24) is 4.98 Å². The van der Waals surface area contributed by atoms with Gasteiger partial charge in [0, 0.05) is 29.8 Å². The molecule has 0 radical (unpaired) electrons. The van der Waals surface area contributed by atoms with Crippen molar-refractivity contribution in [3.8, 4) is 0 Å². The summed E-state index contributed by atoms with van der Waals surface area (Å²) in [5.74, 6) is 0.0121. The van der Waals surface area contributed by atoms with Gasteiger partial charge in [-0.2, -0.15) is 0 Å². The van der Waals surface area contributed by atoms with E-state index in [4.69, 9.17) is 0 Å². The molecule has 12 heavy (non-hydrogen) atoms. The fraction of sp³-hybridized carbons (Fsp3) is 0.250. The molecule has 0 aliphatic heterocycles. The molecule has 0 atom stereocenters. The van der Waals surface area contributed by atoms with Crippen LogP contribution in [-0.2, 0) is 4.79 Å². The molecule has 1 aromatic rings. The van der Waals surface area contributed by atoms with Crippen LogP contribution < -0.4 is 5.32 Å². The lowest BCUT2D eigenvalue weighted by molar-refractivity contribution is -0.115. The summed E-state index contributed by atoms with van der Waals surface area (Å²) in [6.07, 6.45) is 3.77. The second-order valence-electron chi connectivity index (χ2n) is 2.22. The first kappa shape index (κ1) is 9.19. The lowest BCUT2D eigenvalue weighted by Gasteiger charge is -2.01. The minimum Gasteiger partial charge on any atom is -0.326 e. The first-order valence-corrected chi connectivity index (χ1v) is 4.71. The SMILES string of the molecule is O=C(CCBr)Nc1ccncc1. The van der Waals surface area contributed by atoms with Gasteiger partial charge < -0.3 is 5.32 Å². The average molecular weight is 229 g/mol. The van der Waals surface area contributed by atoms with Crippen LogP contribution >= 0.6 is 15.9 Å². The number of hydrogen-bond acceptors (Lipinski definition) is 2. The van der Waals surface area contributed by atoms with E-state index >= 15 is 0 Å². The van der Waals surface area contributed by atoms with Crippen LogP contribution in [0.25, 0.3) is 0 Å². The van der Waals surface area contributed by atoms with Crippen LogP contribution in [0.2, 0.25) is 0 Å². The molecular weight excluding hydrogens is 220 g/mol. The number of nitrogens with zero attached hydrogens (tertiary/aromatic N) is 1. The van der Waals surface area contributed by atoms with Crippen LogP contribution in [0, 0.1) is 0 Å². The van der Waals surface area contributed by atoms with Crippen LogP contribution in [0.3, 0.4) is 0 Å². The number of anilines is 1. The molecule has 0 spiro atoms. The number of hydrogen-bond donors (Lipinski definition) is 1. The third-order valence-corrected chi connectivity index (χ3v) is 1.68. The Hall–Kier alpha value is -0.900. The van der Waals surface area contributed by atoms with E-state index in [1.54, 1.807) is 24.5 Å². The van der Waals surface area contributed by atoms with Crippen molar-refractivity contribution in [1.29, 1.82) is 0 Å². The maximum Gasteiger partial charge on any atom is 0.225 e. The molecular formula is C8H9BrN2O. The van der Waals surface area contributed by atoms with E-state index in [0.717, 1.165) is 5.69 Å². The Bertz CT molecular complexity index is 250. The van der Waals surface area contributed by atoms with Crippen molar-refractivity contribution in [2.75, 3.05) is 10.6 Å². The highest BCUT2D eigenvalue weighted by Gasteiger charge is 1.98. The fourth-order valence-corrected chi connectivity index (χ4v) is 1.10. The van der Waals surface area contributed by atoms with Gasteiger partial charge in [0.2, 0.25) is 5.91 Å². The Morgan fingerprint density at radius 3 is 2.75 bits per heavy atom. The lowest BCUT2D eigenvalue weighted by atomic mass is 10.4. The topological polar surface area (TPSA) is 42.0 Å². The molecule has 0 unspecified atom stereocenters. The van der Waals surface area contributed by atoms with E-state index in [2.05, 4.69) is 26.2 Å². The van der Waals surface area contributed by atoms with Crippen LogP contribution in [-0.4, -0.2) is 16.2 Å². The highest BCUT2D eigenvalue weighted by molar-refractivity contribution is 9.09. The Morgan fingerprint density at radius 1 is 1.50 bits per heavy atom. The van der Waals surface area contributed by atoms with E-state index in [0.29, 0.717) is 11.8 Å². The average Bonchev–Trinajstić information content (AvgIpc) is 2.06. The smallest absolute Gasteiger partial charge is 0.225 e. The maximum atomic E-state index is 11.1. The third kappa shape index (κ3) is 3.00. The Kier molecular flexibility index (Phi) is 3.73. The van der Waals surface area contributed by atoms with Gasteiger partial charge in [0.15, 0.2) is 0 Å². The fourth-order valence-electron chi connectivity index (χ4n) is 0.745. The molecule has 0 saturated carbocycles. The van der Waals surface area contributed by atoms with Gasteiger partial charge in [-0.1, -0.05) is 15.9 Å². The van der Waals surface area contributed by atoms with Crippen molar-refractivity contribution < 1.29 is 4.79 Å². The van der Waals surface area contributed by atoms with E-state index in [9.17, 15) is 4.79 Å². The summed E-state index contributed by atoms with van der Waals surface area (Å²) in [6, 6.07) is 3.51. The van der Waals surface area contributed by atoms with E-state index in [1.807, 2.05) is 0 Å². The molecule has 0 aliphatic rings. The number of rotatable bonds is 3. The summed E-state index contributed by atoms with van der Waals surface area (Å²) < 4.78 is 0. The quantitative estimate of drug-likeness (QED) is 0.803. The number of alkyl halides is 1. The molecule has 0 aliphatic carbocycles. The number of amides is 1. The molecule has 0 aromatic carbocycles. The van der Waals surface area contributed by atoms with Gasteiger partial charge in [-0.25, -0.2) is 0 Å². The predicted molar refractivity (Wildman–Crippen MR) is 51.3 cm³/mol. The predicted octanol–water partition coefficient (Wildman–Crippen LogP) is 1.81. The molecule has 0 fully saturated rings. The van der Waals surface area contributed by atoms with Crippen molar-refractivity contribution in [3.05, 3.63) is 24.5 Å². The van der Waals surface area contributed by atoms with Gasteiger partial charge in [-0.05, 0) is 12.1 Å². The summed E-state index contributed by atoms with van der Waals surface area (Å²) in [6.45, 7) is 0. The summed E-state index contributed by atoms with van der Waals surface area (Å²) in [5.41, 5.74) is 0.788. The van der Waals surface area contributed by atoms with Gasteiger partial charge >= 0.3 is 0 Å². The largest absolute Gasteiger partial charge is 0.326 e. The van der Waals surface area contributed by atoms with Gasteiger partial charge in [-0.15, -0.1) is 0 Å². The van der Waals surface area contributed by atoms with Crippen LogP contribution in [0.4, 0.5) is 5.69 Å². The second-order valence-corrected chi connectivity index (χ2v) is 3.02. The zero-order valence-electron chi connectivity index (χ0n) is 6.46. The minimum atomic E-state index is 0.0121. The monoisotopic (exact) mass is 228 g/mol. The number of carbonyl (C=O) groups excluding carboxylic acids is 1. The van der Waals surface area contributed by atoms with Crippen molar-refractivity contribution in [2.24, 2.45) is 0 Å². The number of aromatic nitrogens is 1. The molecule has 1 rings (SSSR count).